The minimum Gasteiger partial charge on any atom is -0.481 e. The average Bonchev–Trinajstić information content (AvgIpc) is 2.76. The SMILES string of the molecule is COC(=O)[C@H](Cc1ccccc1)NC(=O)[C@@H](NC=O)C(Cc1ccccc1)C(=O)O. The molecule has 0 saturated heterocycles. The van der Waals surface area contributed by atoms with Crippen molar-refractivity contribution in [3.8, 4) is 0 Å². The molecule has 0 spiro atoms. The van der Waals surface area contributed by atoms with E-state index in [1.165, 1.54) is 7.11 Å². The van der Waals surface area contributed by atoms with E-state index in [2.05, 4.69) is 10.6 Å². The van der Waals surface area contributed by atoms with Crippen molar-refractivity contribution in [2.75, 3.05) is 7.11 Å². The summed E-state index contributed by atoms with van der Waals surface area (Å²) in [4.78, 5) is 48.0. The molecule has 3 N–H and O–H groups in total. The third-order valence-electron chi connectivity index (χ3n) is 4.63. The number of carbonyl (C=O) groups excluding carboxylic acids is 3. The molecule has 158 valence electrons. The predicted molar refractivity (Wildman–Crippen MR) is 108 cm³/mol. The Hall–Kier alpha value is -3.68. The van der Waals surface area contributed by atoms with E-state index in [4.69, 9.17) is 4.74 Å². The molecule has 0 aliphatic heterocycles. The summed E-state index contributed by atoms with van der Waals surface area (Å²) in [5.41, 5.74) is 1.48. The van der Waals surface area contributed by atoms with Gasteiger partial charge in [0.05, 0.1) is 13.0 Å². The van der Waals surface area contributed by atoms with E-state index in [0.29, 0.717) is 5.56 Å². The number of nitrogens with one attached hydrogen (secondary N) is 2. The van der Waals surface area contributed by atoms with Gasteiger partial charge in [-0.1, -0.05) is 60.7 Å². The van der Waals surface area contributed by atoms with E-state index < -0.39 is 35.8 Å². The Morgan fingerprint density at radius 3 is 1.97 bits per heavy atom. The highest BCUT2D eigenvalue weighted by atomic mass is 16.5. The lowest BCUT2D eigenvalue weighted by Gasteiger charge is -2.25. The van der Waals surface area contributed by atoms with Crippen LogP contribution < -0.4 is 10.6 Å². The average molecular weight is 412 g/mol. The summed E-state index contributed by atoms with van der Waals surface area (Å²) in [7, 11) is 1.20. The lowest BCUT2D eigenvalue weighted by Crippen LogP contribution is -2.55. The Morgan fingerprint density at radius 1 is 0.967 bits per heavy atom. The molecule has 0 radical (unpaired) electrons. The Kier molecular flexibility index (Phi) is 8.56. The van der Waals surface area contributed by atoms with Gasteiger partial charge in [-0.15, -0.1) is 0 Å². The van der Waals surface area contributed by atoms with Crippen molar-refractivity contribution in [2.24, 2.45) is 5.92 Å². The molecule has 30 heavy (non-hydrogen) atoms. The molecule has 0 heterocycles. The van der Waals surface area contributed by atoms with Crippen molar-refractivity contribution in [1.29, 1.82) is 0 Å². The maximum atomic E-state index is 12.9. The first-order valence-corrected chi connectivity index (χ1v) is 9.34. The van der Waals surface area contributed by atoms with Crippen LogP contribution in [0.15, 0.2) is 60.7 Å². The maximum absolute atomic E-state index is 12.9. The monoisotopic (exact) mass is 412 g/mol. The molecule has 2 aromatic rings. The largest absolute Gasteiger partial charge is 0.481 e. The van der Waals surface area contributed by atoms with Gasteiger partial charge in [0.25, 0.3) is 0 Å². The zero-order chi connectivity index (χ0) is 21.9. The normalized spacial score (nSPS) is 13.4. The Labute approximate surface area is 174 Å². The van der Waals surface area contributed by atoms with Crippen LogP contribution in [0.5, 0.6) is 0 Å². The third kappa shape index (κ3) is 6.44. The molecule has 8 nitrogen and oxygen atoms in total. The second-order valence-electron chi connectivity index (χ2n) is 6.67. The number of carboxylic acid groups (broad SMARTS) is 1. The van der Waals surface area contributed by atoms with Crippen molar-refractivity contribution in [1.82, 2.24) is 10.6 Å². The quantitative estimate of drug-likeness (QED) is 0.373. The number of methoxy groups -OCH3 is 1. The first-order valence-electron chi connectivity index (χ1n) is 9.34. The van der Waals surface area contributed by atoms with Gasteiger partial charge in [0.1, 0.15) is 12.1 Å². The zero-order valence-corrected chi connectivity index (χ0v) is 16.5. The fourth-order valence-electron chi connectivity index (χ4n) is 3.11. The van der Waals surface area contributed by atoms with Crippen molar-refractivity contribution in [2.45, 2.75) is 24.9 Å². The van der Waals surface area contributed by atoms with Gasteiger partial charge >= 0.3 is 11.9 Å². The van der Waals surface area contributed by atoms with Gasteiger partial charge in [-0.2, -0.15) is 0 Å². The third-order valence-corrected chi connectivity index (χ3v) is 4.63. The van der Waals surface area contributed by atoms with Crippen LogP contribution >= 0.6 is 0 Å². The number of aliphatic carboxylic acids is 1. The van der Waals surface area contributed by atoms with Crippen LogP contribution in [0.4, 0.5) is 0 Å². The van der Waals surface area contributed by atoms with E-state index in [1.807, 2.05) is 6.07 Å². The molecule has 0 fully saturated rings. The fourth-order valence-corrected chi connectivity index (χ4v) is 3.11. The number of benzene rings is 2. The molecule has 2 aromatic carbocycles. The second-order valence-corrected chi connectivity index (χ2v) is 6.67. The predicted octanol–water partition coefficient (Wildman–Crippen LogP) is 0.945. The van der Waals surface area contributed by atoms with E-state index >= 15 is 0 Å². The number of esters is 1. The molecule has 0 aliphatic carbocycles. The summed E-state index contributed by atoms with van der Waals surface area (Å²) in [5.74, 6) is -3.93. The number of amides is 2. The standard InChI is InChI=1S/C22H24N2O6/c1-30-22(29)18(13-16-10-6-3-7-11-16)24-20(26)19(23-14-25)17(21(27)28)12-15-8-4-2-5-9-15/h2-11,14,17-19H,12-13H2,1H3,(H,23,25)(H,24,26)(H,27,28)/t17?,18-,19-/m0/s1. The van der Waals surface area contributed by atoms with Crippen molar-refractivity contribution in [3.63, 3.8) is 0 Å². The molecule has 3 atom stereocenters. The molecular formula is C22H24N2O6. The summed E-state index contributed by atoms with van der Waals surface area (Å²) >= 11 is 0. The van der Waals surface area contributed by atoms with Crippen LogP contribution in [0.1, 0.15) is 11.1 Å². The highest BCUT2D eigenvalue weighted by Crippen LogP contribution is 2.15. The maximum Gasteiger partial charge on any atom is 0.328 e. The molecule has 2 amide bonds. The van der Waals surface area contributed by atoms with Crippen molar-refractivity contribution >= 4 is 24.3 Å². The summed E-state index contributed by atoms with van der Waals surface area (Å²) < 4.78 is 4.77. The second kappa shape index (κ2) is 11.4. The van der Waals surface area contributed by atoms with Gasteiger partial charge in [-0.05, 0) is 17.5 Å². The van der Waals surface area contributed by atoms with Crippen molar-refractivity contribution < 1.29 is 29.0 Å². The summed E-state index contributed by atoms with van der Waals surface area (Å²) in [6, 6.07) is 15.3. The van der Waals surface area contributed by atoms with Gasteiger partial charge in [0.15, 0.2) is 0 Å². The van der Waals surface area contributed by atoms with E-state index in [9.17, 15) is 24.3 Å². The van der Waals surface area contributed by atoms with Crippen LogP contribution in [0.2, 0.25) is 0 Å². The van der Waals surface area contributed by atoms with Crippen LogP contribution in [-0.4, -0.2) is 48.6 Å². The molecule has 8 heteroatoms. The van der Waals surface area contributed by atoms with Crippen LogP contribution in [0.25, 0.3) is 0 Å². The number of hydrogen-bond acceptors (Lipinski definition) is 5. The lowest BCUT2D eigenvalue weighted by atomic mass is 9.91. The van der Waals surface area contributed by atoms with E-state index in [1.54, 1.807) is 54.6 Å². The van der Waals surface area contributed by atoms with Crippen LogP contribution in [-0.2, 0) is 36.8 Å². The van der Waals surface area contributed by atoms with Gasteiger partial charge in [0.2, 0.25) is 12.3 Å². The number of carboxylic acids is 1. The topological polar surface area (TPSA) is 122 Å². The Morgan fingerprint density at radius 2 is 1.50 bits per heavy atom. The minimum absolute atomic E-state index is 0.0245. The summed E-state index contributed by atoms with van der Waals surface area (Å²) in [6.45, 7) is 0. The highest BCUT2D eigenvalue weighted by molar-refractivity contribution is 5.92. The summed E-state index contributed by atoms with van der Waals surface area (Å²) in [5, 5.41) is 14.5. The number of ether oxygens (including phenoxy) is 1. The summed E-state index contributed by atoms with van der Waals surface area (Å²) in [6.07, 6.45) is 0.454. The molecule has 0 saturated carbocycles. The van der Waals surface area contributed by atoms with Crippen molar-refractivity contribution in [3.05, 3.63) is 71.8 Å². The number of carbonyl (C=O) groups is 4. The molecule has 2 rings (SSSR count). The molecule has 0 aromatic heterocycles. The fraction of sp³-hybridized carbons (Fsp3) is 0.273. The zero-order valence-electron chi connectivity index (χ0n) is 16.5. The highest BCUT2D eigenvalue weighted by Gasteiger charge is 2.35. The molecule has 0 aliphatic rings. The first-order chi connectivity index (χ1) is 14.5. The van der Waals surface area contributed by atoms with Crippen LogP contribution in [0.3, 0.4) is 0 Å². The lowest BCUT2D eigenvalue weighted by molar-refractivity contribution is -0.147. The van der Waals surface area contributed by atoms with E-state index in [0.717, 1.165) is 5.56 Å². The van der Waals surface area contributed by atoms with Gasteiger partial charge in [-0.25, -0.2) is 4.79 Å². The van der Waals surface area contributed by atoms with Crippen LogP contribution in [0, 0.1) is 5.92 Å². The smallest absolute Gasteiger partial charge is 0.328 e. The Balaban J connectivity index is 2.22. The van der Waals surface area contributed by atoms with Gasteiger partial charge < -0.3 is 20.5 Å². The molecule has 1 unspecified atom stereocenters. The van der Waals surface area contributed by atoms with Gasteiger partial charge in [0, 0.05) is 6.42 Å². The Bertz CT molecular complexity index is 856. The molecule has 0 bridgehead atoms. The first kappa shape index (κ1) is 22.6. The molecular weight excluding hydrogens is 388 g/mol. The number of hydrogen-bond donors (Lipinski definition) is 3. The minimum atomic E-state index is -1.37. The van der Waals surface area contributed by atoms with Gasteiger partial charge in [-0.3, -0.25) is 14.4 Å². The number of rotatable bonds is 11. The van der Waals surface area contributed by atoms with E-state index in [-0.39, 0.29) is 19.3 Å².